The summed E-state index contributed by atoms with van der Waals surface area (Å²) in [7, 11) is 0. The van der Waals surface area contributed by atoms with E-state index in [-0.39, 0.29) is 23.8 Å². The van der Waals surface area contributed by atoms with E-state index in [2.05, 4.69) is 6.92 Å². The zero-order valence-electron chi connectivity index (χ0n) is 15.8. The summed E-state index contributed by atoms with van der Waals surface area (Å²) in [5, 5.41) is 0. The molecule has 3 amide bonds. The van der Waals surface area contributed by atoms with E-state index in [4.69, 9.17) is 4.74 Å². The second-order valence-corrected chi connectivity index (χ2v) is 7.81. The summed E-state index contributed by atoms with van der Waals surface area (Å²) in [6.45, 7) is 4.52. The predicted octanol–water partition coefficient (Wildman–Crippen LogP) is 2.72. The quantitative estimate of drug-likeness (QED) is 0.692. The maximum Gasteiger partial charge on any atom is 0.261 e. The van der Waals surface area contributed by atoms with Crippen molar-refractivity contribution in [3.05, 3.63) is 34.9 Å². The first-order valence-electron chi connectivity index (χ1n) is 9.99. The van der Waals surface area contributed by atoms with Gasteiger partial charge in [-0.1, -0.05) is 6.92 Å². The van der Waals surface area contributed by atoms with Gasteiger partial charge in [-0.05, 0) is 56.2 Å². The summed E-state index contributed by atoms with van der Waals surface area (Å²) in [4.78, 5) is 41.5. The van der Waals surface area contributed by atoms with Crippen LogP contribution in [0.2, 0.25) is 0 Å². The number of fused-ring (bicyclic) bond motifs is 1. The van der Waals surface area contributed by atoms with Gasteiger partial charge in [0, 0.05) is 25.3 Å². The van der Waals surface area contributed by atoms with Crippen LogP contribution < -0.4 is 0 Å². The second-order valence-electron chi connectivity index (χ2n) is 7.81. The maximum atomic E-state index is 12.9. The Bertz CT molecular complexity index is 765. The van der Waals surface area contributed by atoms with Crippen LogP contribution >= 0.6 is 0 Å². The van der Waals surface area contributed by atoms with Crippen molar-refractivity contribution >= 4 is 17.7 Å². The molecule has 0 N–H and O–H groups in total. The number of amides is 3. The molecule has 6 heteroatoms. The molecule has 0 aromatic heterocycles. The molecule has 1 saturated heterocycles. The van der Waals surface area contributed by atoms with Gasteiger partial charge < -0.3 is 9.64 Å². The predicted molar refractivity (Wildman–Crippen MR) is 99.7 cm³/mol. The summed E-state index contributed by atoms with van der Waals surface area (Å²) < 4.78 is 5.57. The summed E-state index contributed by atoms with van der Waals surface area (Å²) in [5.74, 6) is -0.0401. The maximum absolute atomic E-state index is 12.9. The Morgan fingerprint density at radius 2 is 1.96 bits per heavy atom. The molecule has 1 aromatic carbocycles. The average molecular weight is 370 g/mol. The van der Waals surface area contributed by atoms with Crippen LogP contribution in [0.4, 0.5) is 0 Å². The molecule has 1 aromatic rings. The number of rotatable bonds is 7. The minimum atomic E-state index is -0.315. The highest BCUT2D eigenvalue weighted by atomic mass is 16.5. The van der Waals surface area contributed by atoms with Crippen molar-refractivity contribution in [3.8, 4) is 0 Å². The minimum absolute atomic E-state index is 0.0515. The van der Waals surface area contributed by atoms with Gasteiger partial charge in [-0.25, -0.2) is 0 Å². The smallest absolute Gasteiger partial charge is 0.261 e. The number of carbonyl (C=O) groups is 3. The molecule has 2 fully saturated rings. The number of hydrogen-bond donors (Lipinski definition) is 0. The lowest BCUT2D eigenvalue weighted by Crippen LogP contribution is -2.36. The molecule has 1 aliphatic carbocycles. The zero-order chi connectivity index (χ0) is 19.0. The third-order valence-corrected chi connectivity index (χ3v) is 5.58. The topological polar surface area (TPSA) is 66.9 Å². The van der Waals surface area contributed by atoms with Crippen LogP contribution in [-0.4, -0.2) is 59.9 Å². The first kappa shape index (κ1) is 18.2. The van der Waals surface area contributed by atoms with Crippen LogP contribution in [0.1, 0.15) is 70.1 Å². The van der Waals surface area contributed by atoms with E-state index >= 15 is 0 Å². The Morgan fingerprint density at radius 3 is 2.63 bits per heavy atom. The molecule has 0 spiro atoms. The van der Waals surface area contributed by atoms with Gasteiger partial charge in [-0.15, -0.1) is 0 Å². The monoisotopic (exact) mass is 370 g/mol. The van der Waals surface area contributed by atoms with Crippen LogP contribution in [0.5, 0.6) is 0 Å². The SMILES string of the molecule is CCCN(CC1CC1)C(=O)c1ccc2c(c1)C(=O)N(CC1CCCO1)C2=O. The summed E-state index contributed by atoms with van der Waals surface area (Å²) >= 11 is 0. The molecule has 1 unspecified atom stereocenters. The van der Waals surface area contributed by atoms with Crippen LogP contribution in [0.3, 0.4) is 0 Å². The van der Waals surface area contributed by atoms with E-state index in [9.17, 15) is 14.4 Å². The van der Waals surface area contributed by atoms with Crippen molar-refractivity contribution in [2.75, 3.05) is 26.2 Å². The fourth-order valence-corrected chi connectivity index (χ4v) is 3.92. The summed E-state index contributed by atoms with van der Waals surface area (Å²) in [6.07, 6.45) is 5.01. The van der Waals surface area contributed by atoms with E-state index in [1.807, 2.05) is 4.90 Å². The first-order valence-corrected chi connectivity index (χ1v) is 9.99. The first-order chi connectivity index (χ1) is 13.1. The van der Waals surface area contributed by atoms with Gasteiger partial charge in [0.1, 0.15) is 0 Å². The largest absolute Gasteiger partial charge is 0.376 e. The Hall–Kier alpha value is -2.21. The van der Waals surface area contributed by atoms with Crippen molar-refractivity contribution in [3.63, 3.8) is 0 Å². The average Bonchev–Trinajstić information content (AvgIpc) is 3.28. The Labute approximate surface area is 159 Å². The number of hydrogen-bond acceptors (Lipinski definition) is 4. The zero-order valence-corrected chi connectivity index (χ0v) is 15.8. The molecular weight excluding hydrogens is 344 g/mol. The van der Waals surface area contributed by atoms with Crippen molar-refractivity contribution in [2.24, 2.45) is 5.92 Å². The van der Waals surface area contributed by atoms with E-state index in [0.717, 1.165) is 25.8 Å². The van der Waals surface area contributed by atoms with E-state index in [1.165, 1.54) is 17.7 Å². The molecule has 144 valence electrons. The number of nitrogens with zero attached hydrogens (tertiary/aromatic N) is 2. The fourth-order valence-electron chi connectivity index (χ4n) is 3.92. The number of ether oxygens (including phenoxy) is 1. The Kier molecular flexibility index (Phi) is 5.00. The second kappa shape index (κ2) is 7.43. The molecule has 0 bridgehead atoms. The molecule has 3 aliphatic rings. The van der Waals surface area contributed by atoms with Crippen LogP contribution in [0.15, 0.2) is 18.2 Å². The van der Waals surface area contributed by atoms with Gasteiger partial charge in [0.2, 0.25) is 0 Å². The third-order valence-electron chi connectivity index (χ3n) is 5.58. The van der Waals surface area contributed by atoms with Gasteiger partial charge in [0.05, 0.1) is 23.8 Å². The number of carbonyl (C=O) groups excluding carboxylic acids is 3. The molecule has 2 aliphatic heterocycles. The van der Waals surface area contributed by atoms with Gasteiger partial charge in [0.25, 0.3) is 17.7 Å². The van der Waals surface area contributed by atoms with Gasteiger partial charge in [-0.3, -0.25) is 19.3 Å². The van der Waals surface area contributed by atoms with E-state index in [0.29, 0.717) is 42.3 Å². The summed E-state index contributed by atoms with van der Waals surface area (Å²) in [6, 6.07) is 4.90. The lowest BCUT2D eigenvalue weighted by atomic mass is 10.0. The van der Waals surface area contributed by atoms with Crippen LogP contribution in [0.25, 0.3) is 0 Å². The van der Waals surface area contributed by atoms with Gasteiger partial charge in [0.15, 0.2) is 0 Å². The van der Waals surface area contributed by atoms with Crippen molar-refractivity contribution in [1.82, 2.24) is 9.80 Å². The highest BCUT2D eigenvalue weighted by Crippen LogP contribution is 2.31. The van der Waals surface area contributed by atoms with Crippen LogP contribution in [-0.2, 0) is 4.74 Å². The molecular formula is C21H26N2O4. The molecule has 0 radical (unpaired) electrons. The van der Waals surface area contributed by atoms with Crippen molar-refractivity contribution in [2.45, 2.75) is 45.1 Å². The fraction of sp³-hybridized carbons (Fsp3) is 0.571. The minimum Gasteiger partial charge on any atom is -0.376 e. The molecule has 27 heavy (non-hydrogen) atoms. The highest BCUT2D eigenvalue weighted by molar-refractivity contribution is 6.22. The lowest BCUT2D eigenvalue weighted by molar-refractivity contribution is 0.0475. The number of imide groups is 1. The number of benzene rings is 1. The van der Waals surface area contributed by atoms with E-state index < -0.39 is 0 Å². The van der Waals surface area contributed by atoms with Gasteiger partial charge >= 0.3 is 0 Å². The van der Waals surface area contributed by atoms with Crippen molar-refractivity contribution < 1.29 is 19.1 Å². The normalized spacial score (nSPS) is 21.7. The molecule has 1 saturated carbocycles. The highest BCUT2D eigenvalue weighted by Gasteiger charge is 2.38. The lowest BCUT2D eigenvalue weighted by Gasteiger charge is -2.22. The standard InChI is InChI=1S/C21H26N2O4/c1-2-9-22(12-14-5-6-14)19(24)15-7-8-17-18(11-15)21(26)23(20(17)25)13-16-4-3-10-27-16/h7-8,11,14,16H,2-6,9-10,12-13H2,1H3. The molecule has 2 heterocycles. The molecule has 4 rings (SSSR count). The summed E-state index contributed by atoms with van der Waals surface area (Å²) in [5.41, 5.74) is 1.22. The molecule has 1 atom stereocenters. The third kappa shape index (κ3) is 3.63. The molecule has 6 nitrogen and oxygen atoms in total. The van der Waals surface area contributed by atoms with Gasteiger partial charge in [-0.2, -0.15) is 0 Å². The van der Waals surface area contributed by atoms with E-state index in [1.54, 1.807) is 18.2 Å². The van der Waals surface area contributed by atoms with Crippen LogP contribution in [0, 0.1) is 5.92 Å². The Balaban J connectivity index is 1.53. The Morgan fingerprint density at radius 1 is 1.19 bits per heavy atom. The van der Waals surface area contributed by atoms with Crippen molar-refractivity contribution in [1.29, 1.82) is 0 Å².